The third-order valence-electron chi connectivity index (χ3n) is 2.24. The molecule has 0 fully saturated rings. The van der Waals surface area contributed by atoms with Gasteiger partial charge in [0.05, 0.1) is 6.20 Å². The van der Waals surface area contributed by atoms with Crippen LogP contribution in [0.15, 0.2) is 18.3 Å². The zero-order valence-electron chi connectivity index (χ0n) is 9.91. The second kappa shape index (κ2) is 6.69. The Morgan fingerprint density at radius 1 is 1.53 bits per heavy atom. The van der Waals surface area contributed by atoms with Gasteiger partial charge in [0.25, 0.3) is 5.91 Å². The van der Waals surface area contributed by atoms with E-state index in [1.165, 1.54) is 12.1 Å². The average Bonchev–Trinajstić information content (AvgIpc) is 2.28. The first-order valence-corrected chi connectivity index (χ1v) is 6.63. The Kier molecular flexibility index (Phi) is 5.55. The number of aromatic nitrogens is 1. The lowest BCUT2D eigenvalue weighted by Crippen LogP contribution is -2.37. The molecule has 5 heteroatoms. The number of amides is 1. The molecule has 1 amide bonds. The minimum absolute atomic E-state index is 0.0642. The van der Waals surface area contributed by atoms with Crippen LogP contribution in [0.2, 0.25) is 0 Å². The maximum atomic E-state index is 12.6. The predicted octanol–water partition coefficient (Wildman–Crippen LogP) is 2.76. The van der Waals surface area contributed by atoms with Crippen LogP contribution in [0, 0.1) is 11.7 Å². The number of alkyl halides is 1. The number of rotatable bonds is 5. The Morgan fingerprint density at radius 3 is 2.71 bits per heavy atom. The summed E-state index contributed by atoms with van der Waals surface area (Å²) in [6, 6.07) is 2.67. The third-order valence-corrected chi connectivity index (χ3v) is 3.02. The summed E-state index contributed by atoms with van der Waals surface area (Å²) in [7, 11) is 0. The Hall–Kier alpha value is -0.970. The van der Waals surface area contributed by atoms with E-state index < -0.39 is 5.82 Å². The van der Waals surface area contributed by atoms with Crippen molar-refractivity contribution in [3.8, 4) is 0 Å². The van der Waals surface area contributed by atoms with Crippen molar-refractivity contribution in [3.05, 3.63) is 29.8 Å². The Bertz CT molecular complexity index is 367. The van der Waals surface area contributed by atoms with Crippen LogP contribution in [0.25, 0.3) is 0 Å². The summed E-state index contributed by atoms with van der Waals surface area (Å²) >= 11 is 3.36. The number of nitrogens with one attached hydrogen (secondary N) is 1. The highest BCUT2D eigenvalue weighted by atomic mass is 79.9. The van der Waals surface area contributed by atoms with Crippen LogP contribution >= 0.6 is 15.9 Å². The zero-order chi connectivity index (χ0) is 12.8. The van der Waals surface area contributed by atoms with E-state index in [0.717, 1.165) is 12.6 Å². The van der Waals surface area contributed by atoms with Gasteiger partial charge in [-0.3, -0.25) is 4.79 Å². The second-order valence-corrected chi connectivity index (χ2v) is 4.96. The van der Waals surface area contributed by atoms with Crippen molar-refractivity contribution in [2.24, 2.45) is 5.92 Å². The topological polar surface area (TPSA) is 42.0 Å². The second-order valence-electron chi connectivity index (χ2n) is 4.32. The lowest BCUT2D eigenvalue weighted by atomic mass is 10.1. The SMILES string of the molecule is CC(C)CC(CBr)NC(=O)c1ccc(F)cn1. The number of pyridine rings is 1. The molecule has 0 aromatic carbocycles. The summed E-state index contributed by atoms with van der Waals surface area (Å²) in [6.07, 6.45) is 1.93. The van der Waals surface area contributed by atoms with Crippen LogP contribution in [0.5, 0.6) is 0 Å². The molecule has 0 aliphatic heterocycles. The van der Waals surface area contributed by atoms with E-state index in [4.69, 9.17) is 0 Å². The summed E-state index contributed by atoms with van der Waals surface area (Å²) in [5.41, 5.74) is 0.237. The van der Waals surface area contributed by atoms with Crippen molar-refractivity contribution < 1.29 is 9.18 Å². The molecule has 0 spiro atoms. The molecule has 0 saturated carbocycles. The fourth-order valence-corrected chi connectivity index (χ4v) is 1.93. The van der Waals surface area contributed by atoms with E-state index in [-0.39, 0.29) is 17.6 Å². The molecule has 94 valence electrons. The molecule has 1 aromatic rings. The van der Waals surface area contributed by atoms with Gasteiger partial charge in [-0.1, -0.05) is 29.8 Å². The first kappa shape index (κ1) is 14.1. The molecule has 0 saturated heterocycles. The maximum Gasteiger partial charge on any atom is 0.270 e. The van der Waals surface area contributed by atoms with Gasteiger partial charge in [0.15, 0.2) is 0 Å². The highest BCUT2D eigenvalue weighted by Gasteiger charge is 2.14. The highest BCUT2D eigenvalue weighted by Crippen LogP contribution is 2.08. The van der Waals surface area contributed by atoms with Gasteiger partial charge in [-0.2, -0.15) is 0 Å². The summed E-state index contributed by atoms with van der Waals surface area (Å²) in [4.78, 5) is 15.5. The average molecular weight is 303 g/mol. The fraction of sp³-hybridized carbons (Fsp3) is 0.500. The molecule has 0 bridgehead atoms. The number of hydrogen-bond acceptors (Lipinski definition) is 2. The maximum absolute atomic E-state index is 12.6. The quantitative estimate of drug-likeness (QED) is 0.850. The van der Waals surface area contributed by atoms with Crippen LogP contribution < -0.4 is 5.32 Å². The number of halogens is 2. The largest absolute Gasteiger partial charge is 0.347 e. The van der Waals surface area contributed by atoms with Gasteiger partial charge in [-0.25, -0.2) is 9.37 Å². The molecule has 1 heterocycles. The molecule has 0 aliphatic rings. The number of hydrogen-bond donors (Lipinski definition) is 1. The first-order valence-electron chi connectivity index (χ1n) is 5.51. The van der Waals surface area contributed by atoms with E-state index in [1.807, 2.05) is 0 Å². The van der Waals surface area contributed by atoms with Gasteiger partial charge in [0.2, 0.25) is 0 Å². The molecular weight excluding hydrogens is 287 g/mol. The molecule has 1 N–H and O–H groups in total. The molecule has 1 aromatic heterocycles. The summed E-state index contributed by atoms with van der Waals surface area (Å²) in [5, 5.41) is 3.56. The Morgan fingerprint density at radius 2 is 2.24 bits per heavy atom. The van der Waals surface area contributed by atoms with Crippen LogP contribution in [0.4, 0.5) is 4.39 Å². The van der Waals surface area contributed by atoms with Gasteiger partial charge < -0.3 is 5.32 Å². The van der Waals surface area contributed by atoms with Crippen molar-refractivity contribution in [2.75, 3.05) is 5.33 Å². The predicted molar refractivity (Wildman–Crippen MR) is 68.7 cm³/mol. The van der Waals surface area contributed by atoms with E-state index >= 15 is 0 Å². The minimum atomic E-state index is -0.444. The normalized spacial score (nSPS) is 12.5. The highest BCUT2D eigenvalue weighted by molar-refractivity contribution is 9.09. The van der Waals surface area contributed by atoms with Gasteiger partial charge in [-0.15, -0.1) is 0 Å². The Labute approximate surface area is 109 Å². The zero-order valence-corrected chi connectivity index (χ0v) is 11.5. The van der Waals surface area contributed by atoms with Gasteiger partial charge in [-0.05, 0) is 24.5 Å². The molecule has 17 heavy (non-hydrogen) atoms. The molecule has 1 rings (SSSR count). The molecule has 0 radical (unpaired) electrons. The van der Waals surface area contributed by atoms with Crippen molar-refractivity contribution in [1.29, 1.82) is 0 Å². The number of carbonyl (C=O) groups is 1. The van der Waals surface area contributed by atoms with Crippen molar-refractivity contribution in [3.63, 3.8) is 0 Å². The standard InChI is InChI=1S/C12H16BrFN2O/c1-8(2)5-10(6-13)16-12(17)11-4-3-9(14)7-15-11/h3-4,7-8,10H,5-6H2,1-2H3,(H,16,17). The van der Waals surface area contributed by atoms with Crippen molar-refractivity contribution in [1.82, 2.24) is 10.3 Å². The summed E-state index contributed by atoms with van der Waals surface area (Å²) < 4.78 is 12.6. The smallest absolute Gasteiger partial charge is 0.270 e. The van der Waals surface area contributed by atoms with E-state index in [0.29, 0.717) is 11.2 Å². The van der Waals surface area contributed by atoms with Gasteiger partial charge in [0.1, 0.15) is 11.5 Å². The number of nitrogens with zero attached hydrogens (tertiary/aromatic N) is 1. The molecule has 3 nitrogen and oxygen atoms in total. The Balaban J connectivity index is 2.61. The minimum Gasteiger partial charge on any atom is -0.347 e. The van der Waals surface area contributed by atoms with E-state index in [9.17, 15) is 9.18 Å². The van der Waals surface area contributed by atoms with Crippen molar-refractivity contribution in [2.45, 2.75) is 26.3 Å². The fourth-order valence-electron chi connectivity index (χ4n) is 1.50. The van der Waals surface area contributed by atoms with Crippen LogP contribution in [0.3, 0.4) is 0 Å². The summed E-state index contributed by atoms with van der Waals surface area (Å²) in [5.74, 6) is -0.213. The molecular formula is C12H16BrFN2O. The number of carbonyl (C=O) groups excluding carboxylic acids is 1. The van der Waals surface area contributed by atoms with Crippen LogP contribution in [-0.4, -0.2) is 22.3 Å². The van der Waals surface area contributed by atoms with Crippen LogP contribution in [0.1, 0.15) is 30.8 Å². The van der Waals surface area contributed by atoms with Crippen LogP contribution in [-0.2, 0) is 0 Å². The van der Waals surface area contributed by atoms with Gasteiger partial charge in [0, 0.05) is 11.4 Å². The third kappa shape index (κ3) is 4.81. The molecule has 0 aliphatic carbocycles. The van der Waals surface area contributed by atoms with E-state index in [1.54, 1.807) is 0 Å². The molecule has 1 unspecified atom stereocenters. The van der Waals surface area contributed by atoms with Gasteiger partial charge >= 0.3 is 0 Å². The van der Waals surface area contributed by atoms with Crippen molar-refractivity contribution >= 4 is 21.8 Å². The monoisotopic (exact) mass is 302 g/mol. The lowest BCUT2D eigenvalue weighted by molar-refractivity contribution is 0.0932. The lowest BCUT2D eigenvalue weighted by Gasteiger charge is -2.17. The molecule has 1 atom stereocenters. The first-order chi connectivity index (χ1) is 8.02. The van der Waals surface area contributed by atoms with E-state index in [2.05, 4.69) is 40.1 Å². The summed E-state index contributed by atoms with van der Waals surface area (Å²) in [6.45, 7) is 4.19.